The molecular weight excluding hydrogens is 653 g/mol. The average Bonchev–Trinajstić information content (AvgIpc) is 3.49. The van der Waals surface area contributed by atoms with Crippen molar-refractivity contribution in [1.82, 2.24) is 29.2 Å². The Hall–Kier alpha value is -4.43. The first-order chi connectivity index (χ1) is 24.3. The van der Waals surface area contributed by atoms with Gasteiger partial charge >= 0.3 is 0 Å². The van der Waals surface area contributed by atoms with Crippen LogP contribution in [0.5, 0.6) is 0 Å². The topological polar surface area (TPSA) is 131 Å². The molecule has 0 aromatic carbocycles. The molecule has 12 nitrogen and oxygen atoms in total. The smallest absolute Gasteiger partial charge is 0.290 e. The fraction of sp³-hybridized carbons (Fsp3) is 0.432. The van der Waals surface area contributed by atoms with Crippen LogP contribution in [0.25, 0.3) is 27.0 Å². The fourth-order valence-electron chi connectivity index (χ4n) is 7.60. The Balaban J connectivity index is 1.08. The van der Waals surface area contributed by atoms with Gasteiger partial charge in [0.2, 0.25) is 0 Å². The standard InChI is InChI=1S/C37H42N8O4S/c1-22(2)31-18-43(25-20-49-21-25)12-13-44(31)24-8-9-33(39-15-24)41-30-14-23(17-42(3)36(30)47)26-10-11-38-35(29(26)19-46)45-37(48)34-28(16-40-45)27-6-4-5-7-32(27)50-34/h8-11,14-17,22,25,31,46H,4-7,12-13,18-21H2,1-3H3,(H,39,41)/t31-/m1/s1. The van der Waals surface area contributed by atoms with Gasteiger partial charge in [-0.25, -0.2) is 9.97 Å². The molecule has 2 saturated heterocycles. The van der Waals surface area contributed by atoms with E-state index in [4.69, 9.17) is 9.72 Å². The lowest BCUT2D eigenvalue weighted by molar-refractivity contribution is -0.0712. The number of aliphatic hydroxyl groups is 1. The van der Waals surface area contributed by atoms with Crippen LogP contribution in [0.1, 0.15) is 42.7 Å². The molecule has 1 aliphatic carbocycles. The van der Waals surface area contributed by atoms with Crippen molar-refractivity contribution in [3.8, 4) is 16.9 Å². The molecule has 7 heterocycles. The Kier molecular flexibility index (Phi) is 8.75. The van der Waals surface area contributed by atoms with Gasteiger partial charge in [-0.05, 0) is 67.0 Å². The largest absolute Gasteiger partial charge is 0.392 e. The van der Waals surface area contributed by atoms with E-state index in [2.05, 4.69) is 45.1 Å². The second-order valence-corrected chi connectivity index (χ2v) is 15.0. The molecule has 0 saturated carbocycles. The zero-order valence-electron chi connectivity index (χ0n) is 28.6. The first kappa shape index (κ1) is 32.8. The summed E-state index contributed by atoms with van der Waals surface area (Å²) in [7, 11) is 1.69. The van der Waals surface area contributed by atoms with E-state index in [0.717, 1.165) is 69.6 Å². The summed E-state index contributed by atoms with van der Waals surface area (Å²) in [6, 6.07) is 8.39. The van der Waals surface area contributed by atoms with Crippen molar-refractivity contribution in [3.63, 3.8) is 0 Å². The number of thiophene rings is 1. The summed E-state index contributed by atoms with van der Waals surface area (Å²) in [4.78, 5) is 42.6. The number of fused-ring (bicyclic) bond motifs is 3. The summed E-state index contributed by atoms with van der Waals surface area (Å²) in [5.41, 5.74) is 3.93. The number of anilines is 3. The van der Waals surface area contributed by atoms with E-state index in [1.54, 1.807) is 49.1 Å². The summed E-state index contributed by atoms with van der Waals surface area (Å²) in [5, 5.41) is 19.3. The second-order valence-electron chi connectivity index (χ2n) is 13.9. The molecule has 5 aromatic rings. The van der Waals surface area contributed by atoms with Crippen LogP contribution in [-0.2, 0) is 31.2 Å². The van der Waals surface area contributed by atoms with Gasteiger partial charge in [-0.15, -0.1) is 11.3 Å². The molecular formula is C37H42N8O4S. The lowest BCUT2D eigenvalue weighted by Crippen LogP contribution is -2.61. The lowest BCUT2D eigenvalue weighted by atomic mass is 9.97. The number of pyridine rings is 3. The van der Waals surface area contributed by atoms with E-state index >= 15 is 0 Å². The molecule has 0 amide bonds. The summed E-state index contributed by atoms with van der Waals surface area (Å²) < 4.78 is 8.90. The highest BCUT2D eigenvalue weighted by Crippen LogP contribution is 2.35. The van der Waals surface area contributed by atoms with Crippen LogP contribution < -0.4 is 21.3 Å². The zero-order valence-corrected chi connectivity index (χ0v) is 29.4. The van der Waals surface area contributed by atoms with Crippen molar-refractivity contribution in [2.75, 3.05) is 43.1 Å². The van der Waals surface area contributed by atoms with Gasteiger partial charge in [0, 0.05) is 66.5 Å². The van der Waals surface area contributed by atoms with E-state index in [1.165, 1.54) is 19.7 Å². The van der Waals surface area contributed by atoms with Crippen LogP contribution in [0, 0.1) is 5.92 Å². The van der Waals surface area contributed by atoms with Gasteiger partial charge in [0.15, 0.2) is 5.82 Å². The third-order valence-electron chi connectivity index (χ3n) is 10.5. The predicted octanol–water partition coefficient (Wildman–Crippen LogP) is 4.26. The van der Waals surface area contributed by atoms with Gasteiger partial charge in [0.1, 0.15) is 16.2 Å². The number of hydrogen-bond donors (Lipinski definition) is 2. The minimum atomic E-state index is -0.375. The Morgan fingerprint density at radius 1 is 1.06 bits per heavy atom. The monoisotopic (exact) mass is 694 g/mol. The minimum Gasteiger partial charge on any atom is -0.392 e. The Labute approximate surface area is 294 Å². The Bertz CT molecular complexity index is 2170. The molecule has 0 bridgehead atoms. The molecule has 0 unspecified atom stereocenters. The van der Waals surface area contributed by atoms with Gasteiger partial charge in [-0.1, -0.05) is 13.8 Å². The summed E-state index contributed by atoms with van der Waals surface area (Å²) in [5.74, 6) is 1.29. The second kappa shape index (κ2) is 13.4. The summed E-state index contributed by atoms with van der Waals surface area (Å²) >= 11 is 1.54. The quantitative estimate of drug-likeness (QED) is 0.243. The van der Waals surface area contributed by atoms with Gasteiger partial charge < -0.3 is 24.6 Å². The third kappa shape index (κ3) is 5.81. The molecule has 3 aliphatic rings. The van der Waals surface area contributed by atoms with Crippen LogP contribution in [0.4, 0.5) is 17.2 Å². The van der Waals surface area contributed by atoms with Crippen molar-refractivity contribution < 1.29 is 9.84 Å². The Morgan fingerprint density at radius 3 is 2.64 bits per heavy atom. The average molecular weight is 695 g/mol. The third-order valence-corrected chi connectivity index (χ3v) is 11.8. The summed E-state index contributed by atoms with van der Waals surface area (Å²) in [6.45, 7) is 8.70. The highest BCUT2D eigenvalue weighted by atomic mass is 32.1. The maximum atomic E-state index is 13.8. The number of nitrogens with zero attached hydrogens (tertiary/aromatic N) is 7. The van der Waals surface area contributed by atoms with Gasteiger partial charge in [0.25, 0.3) is 11.1 Å². The number of aliphatic hydroxyl groups excluding tert-OH is 1. The molecule has 5 aromatic heterocycles. The first-order valence-corrected chi connectivity index (χ1v) is 18.3. The maximum absolute atomic E-state index is 13.8. The molecule has 50 heavy (non-hydrogen) atoms. The summed E-state index contributed by atoms with van der Waals surface area (Å²) in [6.07, 6.45) is 11.1. The number of hydrogen-bond acceptors (Lipinski definition) is 11. The molecule has 1 atom stereocenters. The van der Waals surface area contributed by atoms with Gasteiger partial charge in [-0.2, -0.15) is 9.78 Å². The van der Waals surface area contributed by atoms with Gasteiger partial charge in [-0.3, -0.25) is 14.5 Å². The van der Waals surface area contributed by atoms with Crippen LogP contribution >= 0.6 is 11.3 Å². The SMILES string of the molecule is CC(C)[C@H]1CN(C2COC2)CCN1c1ccc(Nc2cc(-c3ccnc(-n4ncc5c6c(sc5c4=O)CCCC6)c3CO)cn(C)c2=O)nc1. The predicted molar refractivity (Wildman–Crippen MR) is 196 cm³/mol. The van der Waals surface area contributed by atoms with E-state index in [0.29, 0.717) is 50.9 Å². The lowest BCUT2D eigenvalue weighted by Gasteiger charge is -2.48. The number of nitrogens with one attached hydrogen (secondary N) is 1. The number of rotatable bonds is 8. The normalized spacial score (nSPS) is 18.4. The van der Waals surface area contributed by atoms with Crippen LogP contribution in [0.2, 0.25) is 0 Å². The number of piperazine rings is 1. The van der Waals surface area contributed by atoms with Gasteiger partial charge in [0.05, 0.1) is 43.9 Å². The molecule has 2 fully saturated rings. The molecule has 0 radical (unpaired) electrons. The van der Waals surface area contributed by atoms with E-state index < -0.39 is 0 Å². The van der Waals surface area contributed by atoms with Crippen molar-refractivity contribution in [2.24, 2.45) is 13.0 Å². The van der Waals surface area contributed by atoms with E-state index in [9.17, 15) is 14.7 Å². The maximum Gasteiger partial charge on any atom is 0.290 e. The van der Waals surface area contributed by atoms with E-state index in [1.807, 2.05) is 12.3 Å². The number of aromatic nitrogens is 5. The van der Waals surface area contributed by atoms with Crippen molar-refractivity contribution in [1.29, 1.82) is 0 Å². The van der Waals surface area contributed by atoms with Crippen molar-refractivity contribution in [3.05, 3.63) is 85.8 Å². The van der Waals surface area contributed by atoms with E-state index in [-0.39, 0.29) is 23.5 Å². The highest BCUT2D eigenvalue weighted by molar-refractivity contribution is 7.19. The molecule has 2 N–H and O–H groups in total. The minimum absolute atomic E-state index is 0.222. The zero-order chi connectivity index (χ0) is 34.5. The highest BCUT2D eigenvalue weighted by Gasteiger charge is 2.35. The molecule has 8 rings (SSSR count). The van der Waals surface area contributed by atoms with Crippen LogP contribution in [0.15, 0.2) is 58.6 Å². The number of ether oxygens (including phenoxy) is 1. The Morgan fingerprint density at radius 2 is 1.90 bits per heavy atom. The van der Waals surface area contributed by atoms with Crippen LogP contribution in [-0.4, -0.2) is 79.3 Å². The first-order valence-electron chi connectivity index (χ1n) is 17.4. The van der Waals surface area contributed by atoms with Crippen molar-refractivity contribution in [2.45, 2.75) is 58.2 Å². The number of aryl methyl sites for hydroxylation is 3. The van der Waals surface area contributed by atoms with Crippen LogP contribution in [0.3, 0.4) is 0 Å². The molecule has 0 spiro atoms. The van der Waals surface area contributed by atoms with Crippen molar-refractivity contribution >= 4 is 38.6 Å². The fourth-order valence-corrected chi connectivity index (χ4v) is 8.88. The molecule has 260 valence electrons. The molecule has 2 aliphatic heterocycles. The molecule has 13 heteroatoms.